The molecule has 0 bridgehead atoms. The highest BCUT2D eigenvalue weighted by atomic mass is 35.5. The first-order chi connectivity index (χ1) is 8.43. The van der Waals surface area contributed by atoms with Gasteiger partial charge in [0.05, 0.1) is 11.7 Å². The monoisotopic (exact) mass is 254 g/mol. The average molecular weight is 255 g/mol. The Bertz CT molecular complexity index is 849. The Balaban J connectivity index is 0.000001000. The van der Waals surface area contributed by atoms with E-state index in [1.807, 2.05) is 6.07 Å². The van der Waals surface area contributed by atoms with Crippen LogP contribution < -0.4 is 16.8 Å². The van der Waals surface area contributed by atoms with Crippen LogP contribution in [-0.2, 0) is 0 Å². The van der Waals surface area contributed by atoms with E-state index < -0.39 is 0 Å². The first kappa shape index (κ1) is 11.1. The molecule has 18 heavy (non-hydrogen) atoms. The van der Waals surface area contributed by atoms with Gasteiger partial charge in [0.2, 0.25) is 5.52 Å². The van der Waals surface area contributed by atoms with Crippen LogP contribution in [0.25, 0.3) is 21.9 Å². The topological polar surface area (TPSA) is 8.51 Å². The number of rotatable bonds is 0. The Kier molecular flexibility index (Phi) is 2.46. The molecule has 0 atom stereocenters. The molecule has 0 amide bonds. The fourth-order valence-corrected chi connectivity index (χ4v) is 2.48. The summed E-state index contributed by atoms with van der Waals surface area (Å²) in [6.07, 6.45) is 6.28. The highest BCUT2D eigenvalue weighted by Gasteiger charge is 2.09. The molecule has 0 spiro atoms. The van der Waals surface area contributed by atoms with Crippen molar-refractivity contribution in [2.24, 2.45) is 0 Å². The molecule has 3 aromatic heterocycles. The normalized spacial score (nSPS) is 10.9. The molecule has 0 radical (unpaired) electrons. The number of hydrogen-bond donors (Lipinski definition) is 0. The molecule has 0 aliphatic carbocycles. The zero-order valence-electron chi connectivity index (χ0n) is 9.62. The first-order valence-corrected chi connectivity index (χ1v) is 5.72. The van der Waals surface area contributed by atoms with E-state index >= 15 is 0 Å². The van der Waals surface area contributed by atoms with Crippen LogP contribution in [0.1, 0.15) is 0 Å². The molecule has 1 aromatic carbocycles. The number of para-hydroxylation sites is 1. The summed E-state index contributed by atoms with van der Waals surface area (Å²) in [6.45, 7) is 0. The van der Waals surface area contributed by atoms with Crippen molar-refractivity contribution in [3.05, 3.63) is 67.1 Å². The van der Waals surface area contributed by atoms with Gasteiger partial charge in [0.25, 0.3) is 0 Å². The summed E-state index contributed by atoms with van der Waals surface area (Å²) in [5.41, 5.74) is 3.73. The fourth-order valence-electron chi connectivity index (χ4n) is 2.48. The zero-order chi connectivity index (χ0) is 11.2. The summed E-state index contributed by atoms with van der Waals surface area (Å²) in [7, 11) is 0. The van der Waals surface area contributed by atoms with E-state index in [1.54, 1.807) is 0 Å². The number of benzene rings is 1. The predicted octanol–water partition coefficient (Wildman–Crippen LogP) is -0.165. The van der Waals surface area contributed by atoms with Crippen molar-refractivity contribution >= 4 is 21.9 Å². The fraction of sp³-hybridized carbons (Fsp3) is 0. The number of nitrogens with zero attached hydrogens (tertiary/aromatic N) is 2. The van der Waals surface area contributed by atoms with Crippen LogP contribution in [-0.4, -0.2) is 4.40 Å². The average Bonchev–Trinajstić information content (AvgIpc) is 2.78. The lowest BCUT2D eigenvalue weighted by molar-refractivity contribution is -0.511. The Morgan fingerprint density at radius 3 is 2.61 bits per heavy atom. The minimum Gasteiger partial charge on any atom is -1.00 e. The molecule has 4 aromatic rings. The van der Waals surface area contributed by atoms with Gasteiger partial charge in [0, 0.05) is 17.5 Å². The summed E-state index contributed by atoms with van der Waals surface area (Å²) in [6, 6.07) is 17.0. The summed E-state index contributed by atoms with van der Waals surface area (Å²) >= 11 is 0. The number of fused-ring (bicyclic) bond motifs is 5. The molecule has 0 aliphatic rings. The molecule has 3 heterocycles. The summed E-state index contributed by atoms with van der Waals surface area (Å²) in [5, 5.41) is 1.28. The molecule has 0 unspecified atom stereocenters. The van der Waals surface area contributed by atoms with Gasteiger partial charge < -0.3 is 16.8 Å². The summed E-state index contributed by atoms with van der Waals surface area (Å²) < 4.78 is 4.39. The second-order valence-electron chi connectivity index (χ2n) is 4.25. The largest absolute Gasteiger partial charge is 1.00 e. The van der Waals surface area contributed by atoms with E-state index in [1.165, 1.54) is 21.9 Å². The van der Waals surface area contributed by atoms with Crippen molar-refractivity contribution in [1.29, 1.82) is 0 Å². The van der Waals surface area contributed by atoms with Crippen LogP contribution in [0.2, 0.25) is 0 Å². The number of halogens is 1. The van der Waals surface area contributed by atoms with Gasteiger partial charge in [-0.3, -0.25) is 0 Å². The van der Waals surface area contributed by atoms with E-state index in [9.17, 15) is 0 Å². The summed E-state index contributed by atoms with van der Waals surface area (Å²) in [5.74, 6) is 0. The van der Waals surface area contributed by atoms with Gasteiger partial charge in [-0.2, -0.15) is 4.40 Å². The van der Waals surface area contributed by atoms with Crippen molar-refractivity contribution < 1.29 is 16.8 Å². The van der Waals surface area contributed by atoms with Crippen molar-refractivity contribution in [2.75, 3.05) is 0 Å². The highest BCUT2D eigenvalue weighted by molar-refractivity contribution is 5.91. The van der Waals surface area contributed by atoms with E-state index in [0.29, 0.717) is 0 Å². The first-order valence-electron chi connectivity index (χ1n) is 5.72. The number of hydrogen-bond acceptors (Lipinski definition) is 0. The van der Waals surface area contributed by atoms with Crippen molar-refractivity contribution in [3.63, 3.8) is 0 Å². The third-order valence-corrected chi connectivity index (χ3v) is 3.28. The van der Waals surface area contributed by atoms with Crippen molar-refractivity contribution in [2.45, 2.75) is 0 Å². The van der Waals surface area contributed by atoms with E-state index in [2.05, 4.69) is 69.9 Å². The van der Waals surface area contributed by atoms with Gasteiger partial charge in [-0.1, -0.05) is 18.2 Å². The SMILES string of the molecule is [Cl-].c1ccc2c(c1)cc1c3cccc[n+]3ccn21. The van der Waals surface area contributed by atoms with Crippen molar-refractivity contribution in [1.82, 2.24) is 4.40 Å². The second kappa shape index (κ2) is 4.00. The van der Waals surface area contributed by atoms with Gasteiger partial charge in [-0.25, -0.2) is 0 Å². The van der Waals surface area contributed by atoms with Crippen molar-refractivity contribution in [3.8, 4) is 0 Å². The third-order valence-electron chi connectivity index (χ3n) is 3.28. The van der Waals surface area contributed by atoms with Gasteiger partial charge in [0.1, 0.15) is 5.52 Å². The minimum absolute atomic E-state index is 0. The number of pyridine rings is 1. The maximum atomic E-state index is 2.24. The van der Waals surface area contributed by atoms with Crippen LogP contribution in [0.4, 0.5) is 0 Å². The van der Waals surface area contributed by atoms with Gasteiger partial charge >= 0.3 is 0 Å². The van der Waals surface area contributed by atoms with E-state index in [4.69, 9.17) is 0 Å². The molecular formula is C15H11ClN2. The second-order valence-corrected chi connectivity index (χ2v) is 4.25. The lowest BCUT2D eigenvalue weighted by Gasteiger charge is -1.96. The predicted molar refractivity (Wildman–Crippen MR) is 68.1 cm³/mol. The molecule has 2 nitrogen and oxygen atoms in total. The molecule has 0 saturated heterocycles. The van der Waals surface area contributed by atoms with Crippen LogP contribution >= 0.6 is 0 Å². The molecular weight excluding hydrogens is 244 g/mol. The standard InChI is InChI=1S/C15H11N2.ClH/c1-2-6-13-12(5-1)11-15-14-7-3-4-8-16(14)9-10-17(13)15;/h1-11H;1H/q+1;/p-1. The lowest BCUT2D eigenvalue weighted by Crippen LogP contribution is -3.00. The Morgan fingerprint density at radius 1 is 0.833 bits per heavy atom. The van der Waals surface area contributed by atoms with Crippen LogP contribution in [0, 0.1) is 0 Å². The molecule has 0 saturated carbocycles. The van der Waals surface area contributed by atoms with E-state index in [-0.39, 0.29) is 12.4 Å². The Labute approximate surface area is 111 Å². The molecule has 88 valence electrons. The van der Waals surface area contributed by atoms with E-state index in [0.717, 1.165) is 0 Å². The van der Waals surface area contributed by atoms with Gasteiger partial charge in [-0.15, -0.1) is 0 Å². The molecule has 0 N–H and O–H groups in total. The minimum atomic E-state index is 0. The van der Waals surface area contributed by atoms with Crippen LogP contribution in [0.5, 0.6) is 0 Å². The molecule has 0 fully saturated rings. The highest BCUT2D eigenvalue weighted by Crippen LogP contribution is 2.21. The molecule has 3 heteroatoms. The third kappa shape index (κ3) is 1.39. The summed E-state index contributed by atoms with van der Waals surface area (Å²) in [4.78, 5) is 0. The maximum absolute atomic E-state index is 2.24. The van der Waals surface area contributed by atoms with Crippen LogP contribution in [0.15, 0.2) is 67.1 Å². The number of aromatic nitrogens is 2. The van der Waals surface area contributed by atoms with Gasteiger partial charge in [-0.05, 0) is 18.2 Å². The maximum Gasteiger partial charge on any atom is 0.234 e. The van der Waals surface area contributed by atoms with Gasteiger partial charge in [0.15, 0.2) is 12.4 Å². The Hall–Kier alpha value is -2.06. The van der Waals surface area contributed by atoms with Crippen LogP contribution in [0.3, 0.4) is 0 Å². The molecule has 0 aliphatic heterocycles. The smallest absolute Gasteiger partial charge is 0.234 e. The lowest BCUT2D eigenvalue weighted by atomic mass is 10.2. The molecule has 4 rings (SSSR count). The Morgan fingerprint density at radius 2 is 1.67 bits per heavy atom. The quantitative estimate of drug-likeness (QED) is 0.386. The zero-order valence-corrected chi connectivity index (χ0v) is 10.4.